The average Bonchev–Trinajstić information content (AvgIpc) is 3.42. The largest absolute Gasteiger partial charge is 0.356 e. The maximum Gasteiger partial charge on any atom is 0.250 e. The van der Waals surface area contributed by atoms with Gasteiger partial charge >= 0.3 is 0 Å². The highest BCUT2D eigenvalue weighted by molar-refractivity contribution is 7.10. The molecule has 1 fully saturated rings. The number of guanidine groups is 1. The molecule has 0 spiro atoms. The predicted molar refractivity (Wildman–Crippen MR) is 117 cm³/mol. The van der Waals surface area contributed by atoms with Gasteiger partial charge in [-0.05, 0) is 56.3 Å². The van der Waals surface area contributed by atoms with Crippen LogP contribution in [-0.2, 0) is 6.54 Å². The zero-order valence-corrected chi connectivity index (χ0v) is 17.5. The molecular formula is C21H31N5OS. The van der Waals surface area contributed by atoms with Gasteiger partial charge in [-0.1, -0.05) is 12.1 Å². The Morgan fingerprint density at radius 3 is 2.75 bits per heavy atom. The van der Waals surface area contributed by atoms with Gasteiger partial charge in [-0.2, -0.15) is 0 Å². The fourth-order valence-corrected chi connectivity index (χ4v) is 4.48. The molecule has 1 atom stereocenters. The summed E-state index contributed by atoms with van der Waals surface area (Å²) in [6.45, 7) is 4.81. The molecule has 28 heavy (non-hydrogen) atoms. The Kier molecular flexibility index (Phi) is 8.11. The molecule has 1 aliphatic rings. The van der Waals surface area contributed by atoms with Crippen molar-refractivity contribution in [3.05, 3.63) is 57.1 Å². The topological polar surface area (TPSA) is 61.7 Å². The Balaban J connectivity index is 1.41. The van der Waals surface area contributed by atoms with Crippen LogP contribution in [-0.4, -0.2) is 48.7 Å². The van der Waals surface area contributed by atoms with Crippen LogP contribution in [0, 0.1) is 0 Å². The number of nitrogens with zero attached hydrogens (tertiary/aromatic N) is 3. The molecular weight excluding hydrogens is 370 g/mol. The fraction of sp³-hybridized carbons (Fsp3) is 0.524. The van der Waals surface area contributed by atoms with Gasteiger partial charge in [0.25, 0.3) is 0 Å². The SMILES string of the molecule is CN=C(NCCCCn1ccccc1=O)NCC(c1cccs1)N1CCCC1. The van der Waals surface area contributed by atoms with Crippen molar-refractivity contribution < 1.29 is 0 Å². The van der Waals surface area contributed by atoms with Crippen molar-refractivity contribution >= 4 is 17.3 Å². The van der Waals surface area contributed by atoms with Crippen LogP contribution in [0.3, 0.4) is 0 Å². The first-order valence-corrected chi connectivity index (χ1v) is 11.0. The van der Waals surface area contributed by atoms with E-state index >= 15 is 0 Å². The van der Waals surface area contributed by atoms with Crippen LogP contribution in [0.25, 0.3) is 0 Å². The third kappa shape index (κ3) is 5.94. The van der Waals surface area contributed by atoms with Crippen LogP contribution in [0.1, 0.15) is 36.6 Å². The van der Waals surface area contributed by atoms with E-state index in [0.717, 1.165) is 38.4 Å². The lowest BCUT2D eigenvalue weighted by Gasteiger charge is -2.27. The number of rotatable bonds is 9. The molecule has 3 heterocycles. The van der Waals surface area contributed by atoms with Gasteiger partial charge in [0.05, 0.1) is 6.04 Å². The highest BCUT2D eigenvalue weighted by atomic mass is 32.1. The molecule has 152 valence electrons. The minimum atomic E-state index is 0.0643. The van der Waals surface area contributed by atoms with Gasteiger partial charge in [0.1, 0.15) is 0 Å². The van der Waals surface area contributed by atoms with E-state index in [1.54, 1.807) is 16.7 Å². The van der Waals surface area contributed by atoms with Crippen LogP contribution in [0.15, 0.2) is 51.7 Å². The van der Waals surface area contributed by atoms with Gasteiger partial charge in [-0.3, -0.25) is 14.7 Å². The molecule has 1 aliphatic heterocycles. The lowest BCUT2D eigenvalue weighted by Crippen LogP contribution is -2.42. The summed E-state index contributed by atoms with van der Waals surface area (Å²) >= 11 is 1.83. The van der Waals surface area contributed by atoms with Crippen LogP contribution >= 0.6 is 11.3 Å². The Bertz CT molecular complexity index is 780. The number of aromatic nitrogens is 1. The van der Waals surface area contributed by atoms with E-state index in [-0.39, 0.29) is 5.56 Å². The summed E-state index contributed by atoms with van der Waals surface area (Å²) in [5.41, 5.74) is 0.0643. The zero-order valence-electron chi connectivity index (χ0n) is 16.6. The Hall–Kier alpha value is -2.12. The second-order valence-corrected chi connectivity index (χ2v) is 8.07. The van der Waals surface area contributed by atoms with Gasteiger partial charge in [0.2, 0.25) is 5.56 Å². The van der Waals surface area contributed by atoms with Crippen LogP contribution in [0.4, 0.5) is 0 Å². The maximum absolute atomic E-state index is 11.7. The Labute approximate surface area is 171 Å². The van der Waals surface area contributed by atoms with Crippen molar-refractivity contribution in [2.24, 2.45) is 4.99 Å². The normalized spacial score (nSPS) is 16.2. The van der Waals surface area contributed by atoms with E-state index in [2.05, 4.69) is 38.0 Å². The van der Waals surface area contributed by atoms with Crippen molar-refractivity contribution in [2.75, 3.05) is 33.2 Å². The van der Waals surface area contributed by atoms with Crippen molar-refractivity contribution in [1.29, 1.82) is 0 Å². The first-order valence-electron chi connectivity index (χ1n) is 10.2. The van der Waals surface area contributed by atoms with E-state index < -0.39 is 0 Å². The molecule has 2 N–H and O–H groups in total. The lowest BCUT2D eigenvalue weighted by molar-refractivity contribution is 0.249. The summed E-state index contributed by atoms with van der Waals surface area (Å²) in [5.74, 6) is 0.845. The predicted octanol–water partition coefficient (Wildman–Crippen LogP) is 2.69. The van der Waals surface area contributed by atoms with Gasteiger partial charge in [-0.15, -0.1) is 11.3 Å². The molecule has 2 aromatic rings. The number of hydrogen-bond donors (Lipinski definition) is 2. The number of hydrogen-bond acceptors (Lipinski definition) is 4. The van der Waals surface area contributed by atoms with Gasteiger partial charge in [0.15, 0.2) is 5.96 Å². The number of aryl methyl sites for hydroxylation is 1. The van der Waals surface area contributed by atoms with E-state index in [9.17, 15) is 4.79 Å². The van der Waals surface area contributed by atoms with E-state index in [1.165, 1.54) is 30.8 Å². The van der Waals surface area contributed by atoms with E-state index in [4.69, 9.17) is 0 Å². The smallest absolute Gasteiger partial charge is 0.250 e. The number of nitrogens with one attached hydrogen (secondary N) is 2. The molecule has 0 radical (unpaired) electrons. The minimum absolute atomic E-state index is 0.0643. The third-order valence-corrected chi connectivity index (χ3v) is 6.13. The third-order valence-electron chi connectivity index (χ3n) is 5.16. The van der Waals surface area contributed by atoms with E-state index in [1.807, 2.05) is 30.6 Å². The quantitative estimate of drug-likeness (QED) is 0.385. The molecule has 0 amide bonds. The molecule has 1 saturated heterocycles. The molecule has 0 aromatic carbocycles. The molecule has 6 nitrogen and oxygen atoms in total. The van der Waals surface area contributed by atoms with Crippen LogP contribution in [0.2, 0.25) is 0 Å². The van der Waals surface area contributed by atoms with Crippen LogP contribution in [0.5, 0.6) is 0 Å². The van der Waals surface area contributed by atoms with E-state index in [0.29, 0.717) is 6.04 Å². The van der Waals surface area contributed by atoms with Gasteiger partial charge < -0.3 is 15.2 Å². The average molecular weight is 402 g/mol. The highest BCUT2D eigenvalue weighted by Crippen LogP contribution is 2.27. The highest BCUT2D eigenvalue weighted by Gasteiger charge is 2.24. The Morgan fingerprint density at radius 2 is 2.04 bits per heavy atom. The summed E-state index contributed by atoms with van der Waals surface area (Å²) in [6, 6.07) is 10.1. The summed E-state index contributed by atoms with van der Waals surface area (Å²) in [4.78, 5) is 20.1. The van der Waals surface area contributed by atoms with Crippen molar-refractivity contribution in [3.8, 4) is 0 Å². The molecule has 0 bridgehead atoms. The number of thiophene rings is 1. The van der Waals surface area contributed by atoms with Crippen molar-refractivity contribution in [1.82, 2.24) is 20.1 Å². The standard InChI is InChI=1S/C21H31N5OS/c1-22-21(23-11-3-5-15-26-14-4-2-10-20(26)27)24-17-18(19-9-8-16-28-19)25-12-6-7-13-25/h2,4,8-10,14,16,18H,3,5-7,11-13,15,17H2,1H3,(H2,22,23,24). The summed E-state index contributed by atoms with van der Waals surface area (Å²) < 4.78 is 1.76. The molecule has 0 saturated carbocycles. The molecule has 7 heteroatoms. The minimum Gasteiger partial charge on any atom is -0.356 e. The van der Waals surface area contributed by atoms with Crippen molar-refractivity contribution in [3.63, 3.8) is 0 Å². The van der Waals surface area contributed by atoms with Crippen LogP contribution < -0.4 is 16.2 Å². The number of pyridine rings is 1. The molecule has 1 unspecified atom stereocenters. The fourth-order valence-electron chi connectivity index (χ4n) is 3.62. The first kappa shape index (κ1) is 20.6. The maximum atomic E-state index is 11.7. The zero-order chi connectivity index (χ0) is 19.6. The van der Waals surface area contributed by atoms with Crippen molar-refractivity contribution in [2.45, 2.75) is 38.3 Å². The van der Waals surface area contributed by atoms with Gasteiger partial charge in [-0.25, -0.2) is 0 Å². The second-order valence-electron chi connectivity index (χ2n) is 7.09. The number of likely N-dealkylation sites (tertiary alicyclic amines) is 1. The monoisotopic (exact) mass is 401 g/mol. The molecule has 3 rings (SSSR count). The summed E-state index contributed by atoms with van der Waals surface area (Å²) in [5, 5.41) is 9.06. The summed E-state index contributed by atoms with van der Waals surface area (Å²) in [7, 11) is 1.81. The molecule has 2 aromatic heterocycles. The molecule has 0 aliphatic carbocycles. The summed E-state index contributed by atoms with van der Waals surface area (Å²) in [6.07, 6.45) is 6.38. The second kappa shape index (κ2) is 11.0. The number of aliphatic imine (C=N–C) groups is 1. The number of unbranched alkanes of at least 4 members (excludes halogenated alkanes) is 1. The lowest BCUT2D eigenvalue weighted by atomic mass is 10.2. The Morgan fingerprint density at radius 1 is 1.18 bits per heavy atom. The van der Waals surface area contributed by atoms with Gasteiger partial charge in [0, 0.05) is 43.8 Å². The first-order chi connectivity index (χ1) is 13.8.